The minimum absolute atomic E-state index is 0.153. The number of carboxylic acid groups (broad SMARTS) is 1. The van der Waals surface area contributed by atoms with Gasteiger partial charge in [-0.15, -0.1) is 0 Å². The fourth-order valence-corrected chi connectivity index (χ4v) is 4.27. The molecule has 0 aliphatic carbocycles. The van der Waals surface area contributed by atoms with Crippen molar-refractivity contribution in [2.75, 3.05) is 0 Å². The molecule has 2 aliphatic heterocycles. The number of rotatable bonds is 2. The molecule has 2 atom stereocenters. The summed E-state index contributed by atoms with van der Waals surface area (Å²) in [6, 6.07) is 17.4. The maximum Gasteiger partial charge on any atom is 0.335 e. The van der Waals surface area contributed by atoms with Crippen LogP contribution in [-0.4, -0.2) is 16.1 Å². The third-order valence-electron chi connectivity index (χ3n) is 5.49. The Morgan fingerprint density at radius 1 is 0.926 bits per heavy atom. The second kappa shape index (κ2) is 5.05. The van der Waals surface area contributed by atoms with Crippen molar-refractivity contribution < 1.29 is 19.1 Å². The van der Waals surface area contributed by atoms with E-state index in [1.807, 2.05) is 24.3 Å². The molecule has 1 N–H and O–H groups in total. The fraction of sp³-hybridized carbons (Fsp3) is 0.0909. The predicted octanol–water partition coefficient (Wildman–Crippen LogP) is 4.72. The molecule has 27 heavy (non-hydrogen) atoms. The van der Waals surface area contributed by atoms with Crippen LogP contribution in [0.15, 0.2) is 65.4 Å². The number of hydrogen-bond acceptors (Lipinski definition) is 4. The SMILES string of the molecule is O=C(O)c1ccc2c(c1)C1OC2c2cc(-c3cccc4ocnc34)ccc21. The zero-order valence-electron chi connectivity index (χ0n) is 14.0. The number of nitrogens with zero attached hydrogens (tertiary/aromatic N) is 1. The zero-order valence-corrected chi connectivity index (χ0v) is 14.0. The highest BCUT2D eigenvalue weighted by molar-refractivity contribution is 5.91. The van der Waals surface area contributed by atoms with E-state index in [1.165, 1.54) is 6.39 Å². The van der Waals surface area contributed by atoms with Gasteiger partial charge in [0.1, 0.15) is 17.7 Å². The van der Waals surface area contributed by atoms with Gasteiger partial charge in [0.2, 0.25) is 0 Å². The van der Waals surface area contributed by atoms with Crippen LogP contribution in [0.4, 0.5) is 0 Å². The second-order valence-corrected chi connectivity index (χ2v) is 6.89. The summed E-state index contributed by atoms with van der Waals surface area (Å²) in [5, 5.41) is 9.26. The Bertz CT molecular complexity index is 1260. The Kier molecular flexibility index (Phi) is 2.75. The second-order valence-electron chi connectivity index (χ2n) is 6.89. The van der Waals surface area contributed by atoms with Crippen molar-refractivity contribution in [2.45, 2.75) is 12.2 Å². The number of ether oxygens (including phenoxy) is 1. The molecule has 0 amide bonds. The molecule has 0 spiro atoms. The summed E-state index contributed by atoms with van der Waals surface area (Å²) in [6.45, 7) is 0. The van der Waals surface area contributed by atoms with Crippen LogP contribution in [0.5, 0.6) is 0 Å². The highest BCUT2D eigenvalue weighted by atomic mass is 16.5. The van der Waals surface area contributed by atoms with Crippen molar-refractivity contribution >= 4 is 17.1 Å². The van der Waals surface area contributed by atoms with Crippen molar-refractivity contribution in [2.24, 2.45) is 0 Å². The van der Waals surface area contributed by atoms with Crippen LogP contribution < -0.4 is 0 Å². The number of oxazole rings is 1. The van der Waals surface area contributed by atoms with Gasteiger partial charge in [-0.2, -0.15) is 0 Å². The normalized spacial score (nSPS) is 19.3. The highest BCUT2D eigenvalue weighted by Crippen LogP contribution is 2.54. The molecule has 2 aliphatic rings. The largest absolute Gasteiger partial charge is 0.478 e. The van der Waals surface area contributed by atoms with E-state index in [0.717, 1.165) is 44.5 Å². The van der Waals surface area contributed by atoms with Crippen molar-refractivity contribution in [1.29, 1.82) is 0 Å². The van der Waals surface area contributed by atoms with E-state index >= 15 is 0 Å². The standard InChI is InChI=1S/C22H13NO4/c24-22(25)12-5-7-15-17(9-12)21-14-6-4-11(8-16(14)20(15)27-21)13-2-1-3-18-19(13)23-10-26-18/h1-10,20-21H,(H,24,25). The molecule has 6 rings (SSSR count). The van der Waals surface area contributed by atoms with Gasteiger partial charge in [0.25, 0.3) is 0 Å². The quantitative estimate of drug-likeness (QED) is 0.563. The summed E-state index contributed by atoms with van der Waals surface area (Å²) >= 11 is 0. The first-order valence-corrected chi connectivity index (χ1v) is 8.70. The van der Waals surface area contributed by atoms with Crippen LogP contribution in [-0.2, 0) is 4.74 Å². The molecular formula is C22H13NO4. The first-order valence-electron chi connectivity index (χ1n) is 8.70. The van der Waals surface area contributed by atoms with Crippen LogP contribution in [0.1, 0.15) is 44.8 Å². The summed E-state index contributed by atoms with van der Waals surface area (Å²) in [6.07, 6.45) is 1.11. The number of carboxylic acids is 1. The van der Waals surface area contributed by atoms with E-state index in [2.05, 4.69) is 23.2 Å². The average Bonchev–Trinajstić information content (AvgIpc) is 3.40. The number of fused-ring (bicyclic) bond motifs is 9. The van der Waals surface area contributed by atoms with Gasteiger partial charge in [-0.25, -0.2) is 9.78 Å². The monoisotopic (exact) mass is 355 g/mol. The molecule has 130 valence electrons. The van der Waals surface area contributed by atoms with Crippen molar-refractivity contribution in [3.05, 3.63) is 88.8 Å². The summed E-state index contributed by atoms with van der Waals surface area (Å²) in [4.78, 5) is 15.6. The van der Waals surface area contributed by atoms with Crippen LogP contribution in [0.25, 0.3) is 22.2 Å². The van der Waals surface area contributed by atoms with Crippen molar-refractivity contribution in [3.63, 3.8) is 0 Å². The average molecular weight is 355 g/mol. The number of benzene rings is 3. The summed E-state index contributed by atoms with van der Waals surface area (Å²) < 4.78 is 11.6. The number of para-hydroxylation sites is 1. The maximum absolute atomic E-state index is 11.3. The highest BCUT2D eigenvalue weighted by Gasteiger charge is 2.43. The van der Waals surface area contributed by atoms with E-state index in [1.54, 1.807) is 12.1 Å². The smallest absolute Gasteiger partial charge is 0.335 e. The van der Waals surface area contributed by atoms with E-state index in [4.69, 9.17) is 9.15 Å². The molecule has 0 fully saturated rings. The summed E-state index contributed by atoms with van der Waals surface area (Å²) in [5.41, 5.74) is 8.22. The lowest BCUT2D eigenvalue weighted by Crippen LogP contribution is -2.06. The van der Waals surface area contributed by atoms with Crippen LogP contribution in [0.2, 0.25) is 0 Å². The third-order valence-corrected chi connectivity index (χ3v) is 5.49. The molecule has 2 unspecified atom stereocenters. The van der Waals surface area contributed by atoms with Gasteiger partial charge in [-0.05, 0) is 52.1 Å². The number of hydrogen-bond donors (Lipinski definition) is 1. The summed E-state index contributed by atoms with van der Waals surface area (Å²) in [7, 11) is 0. The Balaban J connectivity index is 1.49. The van der Waals surface area contributed by atoms with Gasteiger partial charge in [0, 0.05) is 5.56 Å². The zero-order chi connectivity index (χ0) is 18.1. The Morgan fingerprint density at radius 2 is 1.70 bits per heavy atom. The first kappa shape index (κ1) is 14.7. The number of aromatic nitrogens is 1. The predicted molar refractivity (Wildman–Crippen MR) is 97.6 cm³/mol. The number of carbonyl (C=O) groups is 1. The van der Waals surface area contributed by atoms with Crippen LogP contribution in [0, 0.1) is 0 Å². The molecule has 5 nitrogen and oxygen atoms in total. The van der Waals surface area contributed by atoms with Gasteiger partial charge < -0.3 is 14.3 Å². The molecule has 0 saturated heterocycles. The summed E-state index contributed by atoms with van der Waals surface area (Å²) in [5.74, 6) is -0.920. The van der Waals surface area contributed by atoms with Gasteiger partial charge in [-0.3, -0.25) is 0 Å². The van der Waals surface area contributed by atoms with Crippen LogP contribution in [0.3, 0.4) is 0 Å². The van der Waals surface area contributed by atoms with E-state index in [-0.39, 0.29) is 12.2 Å². The van der Waals surface area contributed by atoms with Gasteiger partial charge in [0.15, 0.2) is 12.0 Å². The Labute approximate surface area is 153 Å². The lowest BCUT2D eigenvalue weighted by molar-refractivity contribution is 0.0696. The number of aromatic carboxylic acids is 1. The van der Waals surface area contributed by atoms with E-state index < -0.39 is 5.97 Å². The molecule has 0 radical (unpaired) electrons. The van der Waals surface area contributed by atoms with Gasteiger partial charge >= 0.3 is 5.97 Å². The maximum atomic E-state index is 11.3. The molecule has 3 aromatic carbocycles. The molecule has 4 aromatic rings. The van der Waals surface area contributed by atoms with Crippen molar-refractivity contribution in [3.8, 4) is 11.1 Å². The molecular weight excluding hydrogens is 342 g/mol. The Morgan fingerprint density at radius 3 is 2.52 bits per heavy atom. The third kappa shape index (κ3) is 1.92. The van der Waals surface area contributed by atoms with E-state index in [0.29, 0.717) is 5.56 Å². The van der Waals surface area contributed by atoms with Gasteiger partial charge in [0.05, 0.1) is 5.56 Å². The molecule has 1 aromatic heterocycles. The Hall–Kier alpha value is -3.44. The topological polar surface area (TPSA) is 72.6 Å². The first-order chi connectivity index (χ1) is 13.2. The minimum atomic E-state index is -0.920. The van der Waals surface area contributed by atoms with Crippen LogP contribution >= 0.6 is 0 Å². The molecule has 0 saturated carbocycles. The fourth-order valence-electron chi connectivity index (χ4n) is 4.27. The molecule has 3 heterocycles. The van der Waals surface area contributed by atoms with Gasteiger partial charge in [-0.1, -0.05) is 30.3 Å². The molecule has 5 heteroatoms. The lowest BCUT2D eigenvalue weighted by atomic mass is 9.84. The molecule has 2 bridgehead atoms. The van der Waals surface area contributed by atoms with E-state index in [9.17, 15) is 9.90 Å². The lowest BCUT2D eigenvalue weighted by Gasteiger charge is -2.17. The minimum Gasteiger partial charge on any atom is -0.478 e. The van der Waals surface area contributed by atoms with Crippen molar-refractivity contribution in [1.82, 2.24) is 4.98 Å².